The van der Waals surface area contributed by atoms with Crippen LogP contribution < -0.4 is 0 Å². The quantitative estimate of drug-likeness (QED) is 0.699. The second kappa shape index (κ2) is 7.19. The van der Waals surface area contributed by atoms with E-state index in [0.717, 1.165) is 21.1 Å². The number of carbonyl (C=O) groups excluding carboxylic acids is 1. The van der Waals surface area contributed by atoms with E-state index in [-0.39, 0.29) is 24.8 Å². The van der Waals surface area contributed by atoms with Gasteiger partial charge >= 0.3 is 0 Å². The molecule has 148 valence electrons. The summed E-state index contributed by atoms with van der Waals surface area (Å²) in [6.07, 6.45) is 1.45. The zero-order chi connectivity index (χ0) is 19.9. The number of thiophene rings is 1. The first-order valence-corrected chi connectivity index (χ1v) is 11.1. The predicted molar refractivity (Wildman–Crippen MR) is 105 cm³/mol. The first-order chi connectivity index (χ1) is 13.4. The number of carbonyl (C=O) groups is 1. The number of aryl methyl sites for hydroxylation is 2. The fraction of sp³-hybridized carbons (Fsp3) is 0.333. The number of nitrogens with zero attached hydrogens (tertiary/aromatic N) is 3. The molecule has 3 aromatic heterocycles. The number of sulfonamides is 1. The van der Waals surface area contributed by atoms with E-state index in [2.05, 4.69) is 10.2 Å². The lowest BCUT2D eigenvalue weighted by Gasteiger charge is -2.33. The molecule has 0 atom stereocenters. The van der Waals surface area contributed by atoms with Gasteiger partial charge in [0.2, 0.25) is 10.0 Å². The zero-order valence-corrected chi connectivity index (χ0v) is 17.1. The number of aromatic amines is 1. The van der Waals surface area contributed by atoms with E-state index in [1.54, 1.807) is 30.0 Å². The fourth-order valence-corrected chi connectivity index (χ4v) is 6.16. The summed E-state index contributed by atoms with van der Waals surface area (Å²) in [4.78, 5) is 15.8. The Morgan fingerprint density at radius 3 is 2.57 bits per heavy atom. The second-order valence-electron chi connectivity index (χ2n) is 6.64. The molecule has 4 rings (SSSR count). The minimum Gasteiger partial charge on any atom is -0.459 e. The lowest BCUT2D eigenvalue weighted by atomic mass is 10.3. The van der Waals surface area contributed by atoms with E-state index in [1.807, 2.05) is 13.0 Å². The maximum absolute atomic E-state index is 13.1. The molecule has 4 heterocycles. The molecule has 0 aliphatic carbocycles. The summed E-state index contributed by atoms with van der Waals surface area (Å²) in [5.41, 5.74) is 1.66. The van der Waals surface area contributed by atoms with Crippen molar-refractivity contribution in [1.82, 2.24) is 19.4 Å². The first-order valence-electron chi connectivity index (χ1n) is 8.82. The number of H-pyrrole nitrogens is 1. The number of aromatic nitrogens is 2. The molecule has 1 aliphatic rings. The Morgan fingerprint density at radius 1 is 1.21 bits per heavy atom. The third-order valence-electron chi connectivity index (χ3n) is 4.71. The van der Waals surface area contributed by atoms with Crippen LogP contribution in [0, 0.1) is 13.8 Å². The minimum atomic E-state index is -3.63. The second-order valence-corrected chi connectivity index (χ2v) is 9.80. The molecule has 1 amide bonds. The number of amides is 1. The average Bonchev–Trinajstić information content (AvgIpc) is 3.42. The highest BCUT2D eigenvalue weighted by molar-refractivity contribution is 7.89. The average molecular weight is 421 g/mol. The van der Waals surface area contributed by atoms with E-state index < -0.39 is 10.0 Å². The van der Waals surface area contributed by atoms with Crippen molar-refractivity contribution in [3.63, 3.8) is 0 Å². The smallest absolute Gasteiger partial charge is 0.289 e. The number of rotatable bonds is 4. The van der Waals surface area contributed by atoms with Gasteiger partial charge < -0.3 is 9.32 Å². The van der Waals surface area contributed by atoms with Gasteiger partial charge in [0.1, 0.15) is 5.69 Å². The molecule has 28 heavy (non-hydrogen) atoms. The molecule has 10 heteroatoms. The van der Waals surface area contributed by atoms with E-state index >= 15 is 0 Å². The first kappa shape index (κ1) is 18.9. The summed E-state index contributed by atoms with van der Waals surface area (Å²) in [5, 5.41) is 7.09. The molecule has 0 spiro atoms. The van der Waals surface area contributed by atoms with Gasteiger partial charge in [-0.15, -0.1) is 11.3 Å². The summed E-state index contributed by atoms with van der Waals surface area (Å²) in [7, 11) is -3.63. The molecule has 1 saturated heterocycles. The number of hydrogen-bond donors (Lipinski definition) is 1. The summed E-state index contributed by atoms with van der Waals surface area (Å²) < 4.78 is 32.9. The van der Waals surface area contributed by atoms with Crippen molar-refractivity contribution < 1.29 is 17.6 Å². The summed E-state index contributed by atoms with van der Waals surface area (Å²) in [5.74, 6) is 0.0499. The fourth-order valence-electron chi connectivity index (χ4n) is 3.22. The van der Waals surface area contributed by atoms with Crippen LogP contribution in [0.15, 0.2) is 39.8 Å². The molecule has 0 bridgehead atoms. The largest absolute Gasteiger partial charge is 0.459 e. The Morgan fingerprint density at radius 2 is 1.96 bits per heavy atom. The Kier molecular flexibility index (Phi) is 4.86. The lowest BCUT2D eigenvalue weighted by Crippen LogP contribution is -2.50. The van der Waals surface area contributed by atoms with Crippen LogP contribution in [0.4, 0.5) is 0 Å². The molecular weight excluding hydrogens is 400 g/mol. The lowest BCUT2D eigenvalue weighted by molar-refractivity contribution is 0.0666. The van der Waals surface area contributed by atoms with E-state index in [0.29, 0.717) is 18.0 Å². The number of nitrogens with one attached hydrogen (secondary N) is 1. The molecule has 0 radical (unpaired) electrons. The van der Waals surface area contributed by atoms with E-state index in [9.17, 15) is 13.2 Å². The van der Waals surface area contributed by atoms with Gasteiger partial charge in [-0.2, -0.15) is 9.40 Å². The standard InChI is InChI=1S/C18H20N4O4S2/c1-12-10-14(20-19-12)16-11-17(13(2)27-16)28(24,25)22-7-5-21(6-8-22)18(23)15-4-3-9-26-15/h3-4,9-11H,5-8H2,1-2H3,(H,19,20). The van der Waals surface area contributed by atoms with Crippen molar-refractivity contribution >= 4 is 27.3 Å². The highest BCUT2D eigenvalue weighted by atomic mass is 32.2. The molecule has 1 N–H and O–H groups in total. The van der Waals surface area contributed by atoms with Gasteiger partial charge in [0.25, 0.3) is 5.91 Å². The molecule has 0 aromatic carbocycles. The number of hydrogen-bond acceptors (Lipinski definition) is 6. The third kappa shape index (κ3) is 3.38. The van der Waals surface area contributed by atoms with Crippen LogP contribution in [0.2, 0.25) is 0 Å². The highest BCUT2D eigenvalue weighted by Crippen LogP contribution is 2.34. The maximum Gasteiger partial charge on any atom is 0.289 e. The van der Waals surface area contributed by atoms with E-state index in [4.69, 9.17) is 4.42 Å². The van der Waals surface area contributed by atoms with Gasteiger partial charge in [-0.3, -0.25) is 9.89 Å². The van der Waals surface area contributed by atoms with Gasteiger partial charge in [-0.05, 0) is 38.1 Å². The van der Waals surface area contributed by atoms with Crippen LogP contribution in [0.3, 0.4) is 0 Å². The van der Waals surface area contributed by atoms with Crippen LogP contribution in [-0.4, -0.2) is 59.9 Å². The van der Waals surface area contributed by atoms with Crippen molar-refractivity contribution in [2.24, 2.45) is 0 Å². The van der Waals surface area contributed by atoms with Crippen molar-refractivity contribution in [3.8, 4) is 10.6 Å². The van der Waals surface area contributed by atoms with E-state index in [1.165, 1.54) is 21.9 Å². The normalized spacial score (nSPS) is 15.9. The van der Waals surface area contributed by atoms with Gasteiger partial charge in [0.15, 0.2) is 5.76 Å². The van der Waals surface area contributed by atoms with Crippen LogP contribution in [0.1, 0.15) is 21.1 Å². The topological polar surface area (TPSA) is 99.5 Å². The van der Waals surface area contributed by atoms with Gasteiger partial charge in [-0.25, -0.2) is 8.42 Å². The molecule has 0 unspecified atom stereocenters. The summed E-state index contributed by atoms with van der Waals surface area (Å²) in [6.45, 7) is 4.86. The number of furan rings is 1. The number of piperazine rings is 1. The van der Waals surface area contributed by atoms with Gasteiger partial charge in [0.05, 0.1) is 16.0 Å². The van der Waals surface area contributed by atoms with Crippen molar-refractivity contribution in [2.75, 3.05) is 26.2 Å². The van der Waals surface area contributed by atoms with Crippen molar-refractivity contribution in [3.05, 3.63) is 46.9 Å². The van der Waals surface area contributed by atoms with Crippen molar-refractivity contribution in [1.29, 1.82) is 0 Å². The van der Waals surface area contributed by atoms with Crippen molar-refractivity contribution in [2.45, 2.75) is 18.7 Å². The highest BCUT2D eigenvalue weighted by Gasteiger charge is 2.33. The van der Waals surface area contributed by atoms with Crippen LogP contribution in [0.5, 0.6) is 0 Å². The monoisotopic (exact) mass is 420 g/mol. The minimum absolute atomic E-state index is 0.218. The SMILES string of the molecule is Cc1cc(-c2cc(S(=O)(=O)N3CCN(C(=O)c4ccco4)CC3)c(C)s2)n[nH]1. The predicted octanol–water partition coefficient (Wildman–Crippen LogP) is 2.49. The molecule has 8 nitrogen and oxygen atoms in total. The summed E-state index contributed by atoms with van der Waals surface area (Å²) >= 11 is 1.41. The molecule has 0 saturated carbocycles. The van der Waals surface area contributed by atoms with Crippen LogP contribution in [0.25, 0.3) is 10.6 Å². The molecular formula is C18H20N4O4S2. The Balaban J connectivity index is 1.50. The Labute approximate surface area is 166 Å². The van der Waals surface area contributed by atoms with Gasteiger partial charge in [-0.1, -0.05) is 0 Å². The van der Waals surface area contributed by atoms with Crippen LogP contribution in [-0.2, 0) is 10.0 Å². The molecule has 3 aromatic rings. The molecule has 1 fully saturated rings. The zero-order valence-electron chi connectivity index (χ0n) is 15.5. The van der Waals surface area contributed by atoms with Crippen LogP contribution >= 0.6 is 11.3 Å². The maximum atomic E-state index is 13.1. The Bertz CT molecular complexity index is 1090. The Hall–Kier alpha value is -2.43. The summed E-state index contributed by atoms with van der Waals surface area (Å²) in [6, 6.07) is 6.84. The third-order valence-corrected chi connectivity index (χ3v) is 7.93. The molecule has 1 aliphatic heterocycles. The van der Waals surface area contributed by atoms with Gasteiger partial charge in [0, 0.05) is 36.8 Å².